The van der Waals surface area contributed by atoms with Gasteiger partial charge in [-0.05, 0) is 0 Å². The van der Waals surface area contributed by atoms with Crippen molar-refractivity contribution in [3.05, 3.63) is 30.9 Å². The SMILES string of the molecule is C=CCOC(=O)N[C@@H](Cc1c[nH]cn1)C(=O)O. The van der Waals surface area contributed by atoms with E-state index in [1.165, 1.54) is 12.4 Å². The quantitative estimate of drug-likeness (QED) is 0.620. The van der Waals surface area contributed by atoms with Gasteiger partial charge in [-0.3, -0.25) is 0 Å². The lowest BCUT2D eigenvalue weighted by Gasteiger charge is -2.12. The van der Waals surface area contributed by atoms with Gasteiger partial charge in [0.15, 0.2) is 0 Å². The summed E-state index contributed by atoms with van der Waals surface area (Å²) in [4.78, 5) is 28.7. The van der Waals surface area contributed by atoms with Crippen molar-refractivity contribution < 1.29 is 19.4 Å². The Hall–Kier alpha value is -2.31. The van der Waals surface area contributed by atoms with Crippen LogP contribution in [-0.4, -0.2) is 39.8 Å². The Bertz CT molecular complexity index is 388. The molecule has 0 saturated heterocycles. The summed E-state index contributed by atoms with van der Waals surface area (Å²) < 4.78 is 4.63. The van der Waals surface area contributed by atoms with Gasteiger partial charge in [-0.2, -0.15) is 0 Å². The third-order valence-corrected chi connectivity index (χ3v) is 1.89. The minimum Gasteiger partial charge on any atom is -0.480 e. The maximum absolute atomic E-state index is 11.2. The van der Waals surface area contributed by atoms with Crippen molar-refractivity contribution in [1.29, 1.82) is 0 Å². The second-order valence-electron chi connectivity index (χ2n) is 3.19. The number of carbonyl (C=O) groups excluding carboxylic acids is 1. The average Bonchev–Trinajstić information content (AvgIpc) is 2.78. The zero-order chi connectivity index (χ0) is 12.7. The van der Waals surface area contributed by atoms with Crippen LogP contribution in [0.3, 0.4) is 0 Å². The third-order valence-electron chi connectivity index (χ3n) is 1.89. The molecule has 0 unspecified atom stereocenters. The van der Waals surface area contributed by atoms with Crippen molar-refractivity contribution >= 4 is 12.1 Å². The van der Waals surface area contributed by atoms with Crippen LogP contribution in [0.5, 0.6) is 0 Å². The summed E-state index contributed by atoms with van der Waals surface area (Å²) in [5, 5.41) is 11.1. The molecule has 0 aliphatic heterocycles. The van der Waals surface area contributed by atoms with Crippen LogP contribution in [0.4, 0.5) is 4.79 Å². The molecule has 1 atom stereocenters. The van der Waals surface area contributed by atoms with Crippen molar-refractivity contribution in [3.8, 4) is 0 Å². The topological polar surface area (TPSA) is 104 Å². The molecule has 3 N–H and O–H groups in total. The number of ether oxygens (including phenoxy) is 1. The lowest BCUT2D eigenvalue weighted by Crippen LogP contribution is -2.42. The van der Waals surface area contributed by atoms with Gasteiger partial charge in [0.2, 0.25) is 0 Å². The smallest absolute Gasteiger partial charge is 0.408 e. The number of carboxylic acids is 1. The summed E-state index contributed by atoms with van der Waals surface area (Å²) in [6, 6.07) is -1.07. The Labute approximate surface area is 97.5 Å². The molecule has 0 aliphatic carbocycles. The van der Waals surface area contributed by atoms with E-state index in [1.54, 1.807) is 6.20 Å². The molecule has 1 heterocycles. The highest BCUT2D eigenvalue weighted by atomic mass is 16.5. The van der Waals surface area contributed by atoms with E-state index in [0.29, 0.717) is 5.69 Å². The molecule has 1 aromatic heterocycles. The van der Waals surface area contributed by atoms with Gasteiger partial charge in [-0.15, -0.1) is 0 Å². The molecule has 0 aromatic carbocycles. The highest BCUT2D eigenvalue weighted by Gasteiger charge is 2.21. The zero-order valence-electron chi connectivity index (χ0n) is 9.05. The molecule has 1 rings (SSSR count). The van der Waals surface area contributed by atoms with Gasteiger partial charge in [0.05, 0.1) is 12.0 Å². The second kappa shape index (κ2) is 6.31. The van der Waals surface area contributed by atoms with Crippen LogP contribution in [0, 0.1) is 0 Å². The molecule has 7 heteroatoms. The molecule has 92 valence electrons. The number of imidazole rings is 1. The van der Waals surface area contributed by atoms with Crippen LogP contribution in [0.15, 0.2) is 25.2 Å². The number of hydrogen-bond donors (Lipinski definition) is 3. The first-order valence-electron chi connectivity index (χ1n) is 4.88. The van der Waals surface area contributed by atoms with E-state index >= 15 is 0 Å². The minimum atomic E-state index is -1.15. The highest BCUT2D eigenvalue weighted by molar-refractivity contribution is 5.80. The number of aliphatic carboxylic acids is 1. The van der Waals surface area contributed by atoms with Gasteiger partial charge in [0.25, 0.3) is 0 Å². The first kappa shape index (κ1) is 12.8. The summed E-state index contributed by atoms with van der Waals surface area (Å²) in [6.07, 6.45) is 3.68. The molecule has 0 bridgehead atoms. The summed E-state index contributed by atoms with van der Waals surface area (Å²) >= 11 is 0. The molecule has 1 amide bonds. The average molecular weight is 239 g/mol. The molecule has 0 fully saturated rings. The van der Waals surface area contributed by atoms with Crippen LogP contribution < -0.4 is 5.32 Å². The van der Waals surface area contributed by atoms with Gasteiger partial charge < -0.3 is 20.1 Å². The number of carbonyl (C=O) groups is 2. The molecule has 0 spiro atoms. The summed E-state index contributed by atoms with van der Waals surface area (Å²) in [6.45, 7) is 3.40. The Morgan fingerprint density at radius 2 is 2.47 bits per heavy atom. The Morgan fingerprint density at radius 3 is 3.00 bits per heavy atom. The second-order valence-corrected chi connectivity index (χ2v) is 3.19. The molecule has 1 aromatic rings. The van der Waals surface area contributed by atoms with E-state index in [9.17, 15) is 9.59 Å². The third kappa shape index (κ3) is 4.37. The van der Waals surface area contributed by atoms with E-state index in [0.717, 1.165) is 0 Å². The largest absolute Gasteiger partial charge is 0.480 e. The van der Waals surface area contributed by atoms with E-state index in [1.807, 2.05) is 0 Å². The van der Waals surface area contributed by atoms with Crippen molar-refractivity contribution in [2.45, 2.75) is 12.5 Å². The fourth-order valence-electron chi connectivity index (χ4n) is 1.13. The number of carboxylic acid groups (broad SMARTS) is 1. The molecular formula is C10H13N3O4. The zero-order valence-corrected chi connectivity index (χ0v) is 9.05. The van der Waals surface area contributed by atoms with E-state index in [-0.39, 0.29) is 13.0 Å². The van der Waals surface area contributed by atoms with E-state index < -0.39 is 18.1 Å². The Morgan fingerprint density at radius 1 is 1.71 bits per heavy atom. The Kier molecular flexibility index (Phi) is 4.74. The number of hydrogen-bond acceptors (Lipinski definition) is 4. The number of amides is 1. The molecule has 17 heavy (non-hydrogen) atoms. The van der Waals surface area contributed by atoms with Crippen LogP contribution >= 0.6 is 0 Å². The van der Waals surface area contributed by atoms with Crippen LogP contribution in [-0.2, 0) is 16.0 Å². The van der Waals surface area contributed by atoms with Gasteiger partial charge in [0, 0.05) is 12.6 Å². The van der Waals surface area contributed by atoms with E-state index in [4.69, 9.17) is 5.11 Å². The van der Waals surface area contributed by atoms with E-state index in [2.05, 4.69) is 26.6 Å². The molecule has 0 radical (unpaired) electrons. The predicted octanol–water partition coefficient (Wildman–Crippen LogP) is 0.318. The lowest BCUT2D eigenvalue weighted by molar-refractivity contribution is -0.139. The first-order chi connectivity index (χ1) is 8.13. The monoisotopic (exact) mass is 239 g/mol. The number of nitrogens with one attached hydrogen (secondary N) is 2. The summed E-state index contributed by atoms with van der Waals surface area (Å²) in [7, 11) is 0. The fourth-order valence-corrected chi connectivity index (χ4v) is 1.13. The van der Waals surface area contributed by atoms with Gasteiger partial charge >= 0.3 is 12.1 Å². The lowest BCUT2D eigenvalue weighted by atomic mass is 10.2. The number of rotatable bonds is 6. The van der Waals surface area contributed by atoms with Crippen molar-refractivity contribution in [2.24, 2.45) is 0 Å². The number of nitrogens with zero attached hydrogens (tertiary/aromatic N) is 1. The van der Waals surface area contributed by atoms with Crippen molar-refractivity contribution in [3.63, 3.8) is 0 Å². The number of alkyl carbamates (subject to hydrolysis) is 1. The normalized spacial score (nSPS) is 11.5. The standard InChI is InChI=1S/C10H13N3O4/c1-2-3-17-10(16)13-8(9(14)15)4-7-5-11-6-12-7/h2,5-6,8H,1,3-4H2,(H,11,12)(H,13,16)(H,14,15)/t8-/m0/s1. The number of aromatic amines is 1. The number of H-pyrrole nitrogens is 1. The van der Waals surface area contributed by atoms with Crippen molar-refractivity contribution in [2.75, 3.05) is 6.61 Å². The molecule has 7 nitrogen and oxygen atoms in total. The van der Waals surface area contributed by atoms with Gasteiger partial charge in [-0.25, -0.2) is 14.6 Å². The maximum atomic E-state index is 11.2. The molecular weight excluding hydrogens is 226 g/mol. The first-order valence-corrected chi connectivity index (χ1v) is 4.88. The number of aromatic nitrogens is 2. The maximum Gasteiger partial charge on any atom is 0.408 e. The highest BCUT2D eigenvalue weighted by Crippen LogP contribution is 1.99. The summed E-state index contributed by atoms with van der Waals surface area (Å²) in [5.41, 5.74) is 0.543. The molecule has 0 saturated carbocycles. The van der Waals surface area contributed by atoms with Crippen molar-refractivity contribution in [1.82, 2.24) is 15.3 Å². The van der Waals surface area contributed by atoms with Gasteiger partial charge in [0.1, 0.15) is 12.6 Å². The van der Waals surface area contributed by atoms with Gasteiger partial charge in [-0.1, -0.05) is 12.7 Å². The molecule has 0 aliphatic rings. The fraction of sp³-hybridized carbons (Fsp3) is 0.300. The van der Waals surface area contributed by atoms with Crippen LogP contribution in [0.25, 0.3) is 0 Å². The Balaban J connectivity index is 2.51. The van der Waals surface area contributed by atoms with Crippen LogP contribution in [0.2, 0.25) is 0 Å². The minimum absolute atomic E-state index is 0.0284. The summed E-state index contributed by atoms with van der Waals surface area (Å²) in [5.74, 6) is -1.15. The van der Waals surface area contributed by atoms with Crippen LogP contribution in [0.1, 0.15) is 5.69 Å². The predicted molar refractivity (Wildman–Crippen MR) is 58.4 cm³/mol.